The number of halogens is 1. The molecule has 0 heterocycles. The summed E-state index contributed by atoms with van der Waals surface area (Å²) >= 11 is 0. The van der Waals surface area contributed by atoms with E-state index in [4.69, 9.17) is 0 Å². The highest BCUT2D eigenvalue weighted by molar-refractivity contribution is 7.89. The number of nitrogens with one attached hydrogen (secondary N) is 1. The highest BCUT2D eigenvalue weighted by atomic mass is 32.2. The summed E-state index contributed by atoms with van der Waals surface area (Å²) in [5.41, 5.74) is 0.724. The molecule has 0 aliphatic heterocycles. The molecule has 0 aromatic heterocycles. The van der Waals surface area contributed by atoms with Crippen molar-refractivity contribution < 1.29 is 22.4 Å². The molecule has 1 N–H and O–H groups in total. The van der Waals surface area contributed by atoms with Crippen molar-refractivity contribution in [2.75, 3.05) is 13.6 Å². The zero-order chi connectivity index (χ0) is 26.8. The molecule has 9 heteroatoms. The molecule has 0 spiro atoms. The monoisotopic (exact) mass is 531 g/mol. The third-order valence-electron chi connectivity index (χ3n) is 6.92. The van der Waals surface area contributed by atoms with Crippen LogP contribution in [0, 0.1) is 5.82 Å². The fraction of sp³-hybridized carbons (Fsp3) is 0.500. The van der Waals surface area contributed by atoms with Crippen LogP contribution in [0.5, 0.6) is 0 Å². The van der Waals surface area contributed by atoms with Crippen LogP contribution < -0.4 is 5.32 Å². The van der Waals surface area contributed by atoms with Gasteiger partial charge in [-0.05, 0) is 55.5 Å². The van der Waals surface area contributed by atoms with E-state index in [1.807, 2.05) is 6.92 Å². The first-order valence-electron chi connectivity index (χ1n) is 13.1. The van der Waals surface area contributed by atoms with Crippen LogP contribution in [0.1, 0.15) is 63.9 Å². The number of hydrogen-bond donors (Lipinski definition) is 1. The predicted molar refractivity (Wildman–Crippen MR) is 142 cm³/mol. The molecule has 1 saturated carbocycles. The maximum absolute atomic E-state index is 13.5. The minimum absolute atomic E-state index is 0.0864. The molecule has 202 valence electrons. The molecule has 0 bridgehead atoms. The van der Waals surface area contributed by atoms with E-state index in [-0.39, 0.29) is 48.1 Å². The molecule has 3 rings (SSSR count). The first-order chi connectivity index (χ1) is 17.7. The third kappa shape index (κ3) is 8.10. The van der Waals surface area contributed by atoms with Crippen LogP contribution in [0.4, 0.5) is 4.39 Å². The summed E-state index contributed by atoms with van der Waals surface area (Å²) < 4.78 is 40.3. The van der Waals surface area contributed by atoms with Crippen LogP contribution in [0.3, 0.4) is 0 Å². The molecule has 2 aromatic rings. The number of nitrogens with zero attached hydrogens (tertiary/aromatic N) is 2. The van der Waals surface area contributed by atoms with E-state index in [1.165, 1.54) is 42.0 Å². The minimum atomic E-state index is -3.65. The Bertz CT molecular complexity index is 1120. The second kappa shape index (κ2) is 13.7. The summed E-state index contributed by atoms with van der Waals surface area (Å²) in [6.07, 6.45) is 6.05. The van der Waals surface area contributed by atoms with Gasteiger partial charge in [-0.25, -0.2) is 17.1 Å². The predicted octanol–water partition coefficient (Wildman–Crippen LogP) is 4.48. The van der Waals surface area contributed by atoms with Gasteiger partial charge in [0.25, 0.3) is 0 Å². The van der Waals surface area contributed by atoms with E-state index in [0.717, 1.165) is 31.2 Å². The Kier molecular flexibility index (Phi) is 10.6. The lowest BCUT2D eigenvalue weighted by atomic mass is 9.95. The average Bonchev–Trinajstić information content (AvgIpc) is 2.90. The summed E-state index contributed by atoms with van der Waals surface area (Å²) in [5.74, 6) is -0.777. The first-order valence-corrected chi connectivity index (χ1v) is 14.5. The summed E-state index contributed by atoms with van der Waals surface area (Å²) in [4.78, 5) is 28.4. The summed E-state index contributed by atoms with van der Waals surface area (Å²) in [6.45, 7) is 2.21. The van der Waals surface area contributed by atoms with Crippen LogP contribution >= 0.6 is 0 Å². The fourth-order valence-electron chi connectivity index (χ4n) is 4.74. The Balaban J connectivity index is 1.69. The molecule has 2 aromatic carbocycles. The number of benzene rings is 2. The largest absolute Gasteiger partial charge is 0.352 e. The Morgan fingerprint density at radius 1 is 1.03 bits per heavy atom. The van der Waals surface area contributed by atoms with Crippen LogP contribution in [-0.4, -0.2) is 55.1 Å². The molecule has 0 unspecified atom stereocenters. The van der Waals surface area contributed by atoms with Gasteiger partial charge in [0.05, 0.1) is 4.90 Å². The standard InChI is InChI=1S/C28H38FN3O4S/c1-3-26(28(34)30-24-11-6-4-7-12-24)32(21-22-16-18-23(29)19-17-22)27(33)15-10-20-31(2)37(35,36)25-13-8-5-9-14-25/h5,8-9,13-14,16-19,24,26H,3-4,6-7,10-12,15,20-21H2,1-2H3,(H,30,34)/t26-/m1/s1. The Morgan fingerprint density at radius 3 is 2.30 bits per heavy atom. The van der Waals surface area contributed by atoms with Crippen molar-refractivity contribution in [3.8, 4) is 0 Å². The van der Waals surface area contributed by atoms with Gasteiger partial charge >= 0.3 is 0 Å². The summed E-state index contributed by atoms with van der Waals surface area (Å²) in [6, 6.07) is 13.5. The van der Waals surface area contributed by atoms with Crippen molar-refractivity contribution in [2.24, 2.45) is 0 Å². The van der Waals surface area contributed by atoms with Crippen molar-refractivity contribution in [1.82, 2.24) is 14.5 Å². The number of rotatable bonds is 12. The van der Waals surface area contributed by atoms with Crippen molar-refractivity contribution in [1.29, 1.82) is 0 Å². The molecule has 1 aliphatic carbocycles. The lowest BCUT2D eigenvalue weighted by Crippen LogP contribution is -2.51. The molecule has 1 atom stereocenters. The van der Waals surface area contributed by atoms with Crippen molar-refractivity contribution in [3.63, 3.8) is 0 Å². The zero-order valence-corrected chi connectivity index (χ0v) is 22.6. The van der Waals surface area contributed by atoms with E-state index < -0.39 is 16.1 Å². The van der Waals surface area contributed by atoms with Gasteiger partial charge in [-0.2, -0.15) is 0 Å². The molecule has 7 nitrogen and oxygen atoms in total. The highest BCUT2D eigenvalue weighted by Crippen LogP contribution is 2.20. The number of hydrogen-bond acceptors (Lipinski definition) is 4. The van der Waals surface area contributed by atoms with Crippen LogP contribution in [-0.2, 0) is 26.2 Å². The quantitative estimate of drug-likeness (QED) is 0.438. The molecular weight excluding hydrogens is 493 g/mol. The van der Waals surface area contributed by atoms with Gasteiger partial charge in [0.15, 0.2) is 0 Å². The molecule has 1 aliphatic rings. The molecule has 1 fully saturated rings. The topological polar surface area (TPSA) is 86.8 Å². The van der Waals surface area contributed by atoms with Gasteiger partial charge in [-0.1, -0.05) is 56.5 Å². The maximum Gasteiger partial charge on any atom is 0.243 e. The van der Waals surface area contributed by atoms with E-state index in [0.29, 0.717) is 12.8 Å². The second-order valence-corrected chi connectivity index (χ2v) is 11.7. The van der Waals surface area contributed by atoms with Gasteiger partial charge < -0.3 is 10.2 Å². The maximum atomic E-state index is 13.5. The molecule has 37 heavy (non-hydrogen) atoms. The fourth-order valence-corrected chi connectivity index (χ4v) is 5.97. The average molecular weight is 532 g/mol. The Morgan fingerprint density at radius 2 is 1.68 bits per heavy atom. The molecule has 0 saturated heterocycles. The Hall–Kier alpha value is -2.78. The van der Waals surface area contributed by atoms with Crippen LogP contribution in [0.15, 0.2) is 59.5 Å². The highest BCUT2D eigenvalue weighted by Gasteiger charge is 2.30. The van der Waals surface area contributed by atoms with Crippen LogP contribution in [0.25, 0.3) is 0 Å². The van der Waals surface area contributed by atoms with Gasteiger partial charge in [0, 0.05) is 32.6 Å². The van der Waals surface area contributed by atoms with Gasteiger partial charge in [-0.3, -0.25) is 9.59 Å². The van der Waals surface area contributed by atoms with E-state index in [1.54, 1.807) is 35.2 Å². The third-order valence-corrected chi connectivity index (χ3v) is 8.79. The number of amides is 2. The van der Waals surface area contributed by atoms with Gasteiger partial charge in [-0.15, -0.1) is 0 Å². The van der Waals surface area contributed by atoms with Crippen molar-refractivity contribution in [2.45, 2.75) is 81.8 Å². The Labute approximate surface area is 220 Å². The number of sulfonamides is 1. The van der Waals surface area contributed by atoms with Crippen molar-refractivity contribution in [3.05, 3.63) is 66.0 Å². The summed E-state index contributed by atoms with van der Waals surface area (Å²) in [7, 11) is -2.16. The smallest absolute Gasteiger partial charge is 0.243 e. The van der Waals surface area contributed by atoms with Crippen molar-refractivity contribution >= 4 is 21.8 Å². The number of carbonyl (C=O) groups excluding carboxylic acids is 2. The molecule has 0 radical (unpaired) electrons. The zero-order valence-electron chi connectivity index (χ0n) is 21.7. The molecular formula is C28H38FN3O4S. The van der Waals surface area contributed by atoms with E-state index >= 15 is 0 Å². The van der Waals surface area contributed by atoms with Gasteiger partial charge in [0.1, 0.15) is 11.9 Å². The van der Waals surface area contributed by atoms with Gasteiger partial charge in [0.2, 0.25) is 21.8 Å². The lowest BCUT2D eigenvalue weighted by Gasteiger charge is -2.33. The minimum Gasteiger partial charge on any atom is -0.352 e. The summed E-state index contributed by atoms with van der Waals surface area (Å²) in [5, 5.41) is 3.13. The van der Waals surface area contributed by atoms with Crippen LogP contribution in [0.2, 0.25) is 0 Å². The van der Waals surface area contributed by atoms with E-state index in [9.17, 15) is 22.4 Å². The normalized spacial score (nSPS) is 15.4. The molecule has 2 amide bonds. The van der Waals surface area contributed by atoms with E-state index in [2.05, 4.69) is 5.32 Å². The number of carbonyl (C=O) groups is 2. The first kappa shape index (κ1) is 28.8. The lowest BCUT2D eigenvalue weighted by molar-refractivity contribution is -0.141. The SMILES string of the molecule is CC[C@H](C(=O)NC1CCCCC1)N(Cc1ccc(F)cc1)C(=O)CCCN(C)S(=O)(=O)c1ccccc1. The second-order valence-electron chi connectivity index (χ2n) is 9.66.